The minimum atomic E-state index is -6.00. The van der Waals surface area contributed by atoms with Crippen molar-refractivity contribution in [2.75, 3.05) is 24.3 Å². The van der Waals surface area contributed by atoms with E-state index in [1.807, 2.05) is 36.4 Å². The molecule has 0 saturated heterocycles. The van der Waals surface area contributed by atoms with Gasteiger partial charge < -0.3 is 29.5 Å². The summed E-state index contributed by atoms with van der Waals surface area (Å²) < 4.78 is 96.4. The molecule has 18 nitrogen and oxygen atoms in total. The molecular formula is C38H32N3O15P3S. The Balaban J connectivity index is 0.946. The van der Waals surface area contributed by atoms with Crippen molar-refractivity contribution in [1.82, 2.24) is 9.55 Å². The SMILES string of the molecule is O=c1nc(Nc2ccccc2)ccn1C1=C(Oc2ccccc2)C(OP(=O)(O)OP(=O)(O)OP(=O)(O)OCCS(=O)(=O)c2ccc3ccc4cccc5ccc2c3c45)CO1. The number of para-hydroxylation sites is 2. The number of benzene rings is 6. The molecule has 310 valence electrons. The highest BCUT2D eigenvalue weighted by Gasteiger charge is 2.46. The van der Waals surface area contributed by atoms with Crippen LogP contribution >= 0.6 is 23.5 Å². The molecule has 0 amide bonds. The Hall–Kier alpha value is -5.26. The number of ether oxygens (including phenoxy) is 2. The minimum Gasteiger partial charge on any atom is -0.473 e. The number of sulfone groups is 1. The van der Waals surface area contributed by atoms with Gasteiger partial charge in [-0.3, -0.25) is 9.05 Å². The summed E-state index contributed by atoms with van der Waals surface area (Å²) in [6.07, 6.45) is -0.403. The third-order valence-corrected chi connectivity index (χ3v) is 15.1. The Kier molecular flexibility index (Phi) is 11.3. The maximum Gasteiger partial charge on any atom is 0.490 e. The third-order valence-electron chi connectivity index (χ3n) is 9.02. The molecule has 8 rings (SSSR count). The maximum atomic E-state index is 13.5. The van der Waals surface area contributed by atoms with Gasteiger partial charge in [-0.1, -0.05) is 84.9 Å². The van der Waals surface area contributed by atoms with E-state index in [9.17, 15) is 41.6 Å². The third kappa shape index (κ3) is 9.07. The van der Waals surface area contributed by atoms with Crippen LogP contribution in [0.4, 0.5) is 11.5 Å². The van der Waals surface area contributed by atoms with Gasteiger partial charge in [0.25, 0.3) is 0 Å². The van der Waals surface area contributed by atoms with Gasteiger partial charge in [-0.25, -0.2) is 31.5 Å². The van der Waals surface area contributed by atoms with Crippen molar-refractivity contribution in [2.24, 2.45) is 0 Å². The van der Waals surface area contributed by atoms with Gasteiger partial charge in [-0.2, -0.15) is 13.6 Å². The first kappa shape index (κ1) is 41.5. The smallest absolute Gasteiger partial charge is 0.473 e. The molecule has 6 aromatic carbocycles. The topological polar surface area (TPSA) is 248 Å². The molecular weight excluding hydrogens is 863 g/mol. The van der Waals surface area contributed by atoms with Crippen LogP contribution in [0.1, 0.15) is 0 Å². The molecule has 0 bridgehead atoms. The lowest BCUT2D eigenvalue weighted by molar-refractivity contribution is 0.0992. The molecule has 0 radical (unpaired) electrons. The minimum absolute atomic E-state index is 0.0815. The van der Waals surface area contributed by atoms with Gasteiger partial charge in [0.2, 0.25) is 5.88 Å². The molecule has 1 aliphatic rings. The van der Waals surface area contributed by atoms with E-state index in [0.717, 1.165) is 26.1 Å². The fourth-order valence-corrected chi connectivity index (χ4v) is 11.6. The second-order valence-corrected chi connectivity index (χ2v) is 19.8. The quantitative estimate of drug-likeness (QED) is 0.0547. The lowest BCUT2D eigenvalue weighted by Crippen LogP contribution is -2.24. The van der Waals surface area contributed by atoms with E-state index in [0.29, 0.717) is 16.5 Å². The summed E-state index contributed by atoms with van der Waals surface area (Å²) in [6, 6.07) is 34.2. The number of rotatable bonds is 16. The monoisotopic (exact) mass is 895 g/mol. The predicted octanol–water partition coefficient (Wildman–Crippen LogP) is 7.33. The van der Waals surface area contributed by atoms with Gasteiger partial charge in [-0.05, 0) is 63.3 Å². The molecule has 4 N–H and O–H groups in total. The summed E-state index contributed by atoms with van der Waals surface area (Å²) in [6.45, 7) is -1.60. The number of nitrogens with one attached hydrogen (secondary N) is 1. The molecule has 1 aliphatic heterocycles. The average molecular weight is 896 g/mol. The molecule has 0 spiro atoms. The Morgan fingerprint density at radius 2 is 1.38 bits per heavy atom. The van der Waals surface area contributed by atoms with Crippen LogP contribution in [-0.4, -0.2) is 57.7 Å². The van der Waals surface area contributed by atoms with E-state index >= 15 is 0 Å². The first-order valence-corrected chi connectivity index (χ1v) is 23.9. The van der Waals surface area contributed by atoms with E-state index < -0.39 is 64.1 Å². The zero-order chi connectivity index (χ0) is 42.3. The van der Waals surface area contributed by atoms with Gasteiger partial charge in [0.15, 0.2) is 21.7 Å². The molecule has 2 heterocycles. The van der Waals surface area contributed by atoms with Crippen molar-refractivity contribution in [3.8, 4) is 5.75 Å². The Bertz CT molecular complexity index is 3080. The van der Waals surface area contributed by atoms with Crippen molar-refractivity contribution >= 4 is 83.0 Å². The number of hydrogen-bond donors (Lipinski definition) is 4. The van der Waals surface area contributed by atoms with Crippen molar-refractivity contribution < 1.29 is 63.9 Å². The van der Waals surface area contributed by atoms with E-state index in [1.54, 1.807) is 60.7 Å². The van der Waals surface area contributed by atoms with E-state index in [4.69, 9.17) is 18.5 Å². The molecule has 0 saturated carbocycles. The average Bonchev–Trinajstić information content (AvgIpc) is 3.56. The summed E-state index contributed by atoms with van der Waals surface area (Å²) in [5.74, 6) is -1.20. The molecule has 1 aromatic heterocycles. The first-order chi connectivity index (χ1) is 28.6. The summed E-state index contributed by atoms with van der Waals surface area (Å²) in [7, 11) is -21.6. The van der Waals surface area contributed by atoms with Gasteiger partial charge in [-0.15, -0.1) is 0 Å². The van der Waals surface area contributed by atoms with Crippen LogP contribution in [0.3, 0.4) is 0 Å². The van der Waals surface area contributed by atoms with Crippen LogP contribution in [0.15, 0.2) is 143 Å². The summed E-state index contributed by atoms with van der Waals surface area (Å²) in [5.41, 5.74) is -0.211. The largest absolute Gasteiger partial charge is 0.490 e. The van der Waals surface area contributed by atoms with Crippen molar-refractivity contribution in [3.63, 3.8) is 0 Å². The number of anilines is 2. The van der Waals surface area contributed by atoms with Crippen LogP contribution < -0.4 is 15.7 Å². The van der Waals surface area contributed by atoms with Crippen molar-refractivity contribution in [2.45, 2.75) is 11.0 Å². The lowest BCUT2D eigenvalue weighted by atomic mass is 9.94. The number of hydrogen-bond acceptors (Lipinski definition) is 14. The second kappa shape index (κ2) is 16.3. The fourth-order valence-electron chi connectivity index (χ4n) is 6.56. The highest BCUT2D eigenvalue weighted by Crippen LogP contribution is 2.68. The molecule has 60 heavy (non-hydrogen) atoms. The maximum absolute atomic E-state index is 13.5. The van der Waals surface area contributed by atoms with Crippen molar-refractivity contribution in [1.29, 1.82) is 0 Å². The van der Waals surface area contributed by atoms with Crippen LogP contribution in [0.5, 0.6) is 5.75 Å². The zero-order valence-electron chi connectivity index (χ0n) is 30.7. The molecule has 22 heteroatoms. The normalized spacial score (nSPS) is 17.6. The molecule has 0 fully saturated rings. The summed E-state index contributed by atoms with van der Waals surface area (Å²) in [5, 5.41) is 7.57. The summed E-state index contributed by atoms with van der Waals surface area (Å²) >= 11 is 0. The highest BCUT2D eigenvalue weighted by atomic mass is 32.2. The Morgan fingerprint density at radius 3 is 2.08 bits per heavy atom. The van der Waals surface area contributed by atoms with Crippen LogP contribution in [0.2, 0.25) is 0 Å². The van der Waals surface area contributed by atoms with Crippen LogP contribution in [-0.2, 0) is 45.9 Å². The summed E-state index contributed by atoms with van der Waals surface area (Å²) in [4.78, 5) is 48.1. The van der Waals surface area contributed by atoms with Crippen LogP contribution in [0, 0.1) is 0 Å². The number of phosphoric acid groups is 3. The number of nitrogens with zero attached hydrogens (tertiary/aromatic N) is 2. The highest BCUT2D eigenvalue weighted by molar-refractivity contribution is 7.91. The molecule has 0 aliphatic carbocycles. The first-order valence-electron chi connectivity index (χ1n) is 17.7. The van der Waals surface area contributed by atoms with Gasteiger partial charge >= 0.3 is 29.2 Å². The Morgan fingerprint density at radius 1 is 0.750 bits per heavy atom. The Labute approximate surface area is 340 Å². The molecule has 4 unspecified atom stereocenters. The second-order valence-electron chi connectivity index (χ2n) is 13.1. The van der Waals surface area contributed by atoms with Gasteiger partial charge in [0, 0.05) is 17.3 Å². The van der Waals surface area contributed by atoms with E-state index in [2.05, 4.69) is 18.9 Å². The fraction of sp³-hybridized carbons (Fsp3) is 0.105. The van der Waals surface area contributed by atoms with Gasteiger partial charge in [0.1, 0.15) is 18.2 Å². The van der Waals surface area contributed by atoms with Gasteiger partial charge in [0.05, 0.1) is 17.3 Å². The number of aromatic nitrogens is 2. The molecule has 7 aromatic rings. The van der Waals surface area contributed by atoms with E-state index in [-0.39, 0.29) is 28.1 Å². The van der Waals surface area contributed by atoms with Crippen LogP contribution in [0.25, 0.3) is 38.2 Å². The predicted molar refractivity (Wildman–Crippen MR) is 219 cm³/mol. The zero-order valence-corrected chi connectivity index (χ0v) is 34.2. The lowest BCUT2D eigenvalue weighted by Gasteiger charge is -2.21. The number of phosphoric ester groups is 2. The van der Waals surface area contributed by atoms with Crippen molar-refractivity contribution in [3.05, 3.63) is 144 Å². The van der Waals surface area contributed by atoms with E-state index in [1.165, 1.54) is 30.5 Å². The molecule has 4 atom stereocenters. The standard InChI is InChI=1S/C38H32N3O15P3S/c42-38-40-33(39-28-10-3-1-4-11-28)20-21-41(38)37-36(53-29-12-5-2-6-13-29)31(24-51-37)54-58(45,46)56-59(47,48)55-57(43,44)52-22-23-60(49,50)32-19-17-27-15-14-25-8-7-9-26-16-18-30(32)35(27)34(25)26/h1-21,31H,22-24H2,(H,43,44)(H,45,46)(H,47,48)(H,39,40,42).